The van der Waals surface area contributed by atoms with E-state index in [9.17, 15) is 8.78 Å². The molecule has 0 N–H and O–H groups in total. The standard InChI is InChI=1S/C29H27F3O2/c1-2-33-25-14-6-20(7-15-25)3-4-22-10-18-27-24(19-22)13-12-23(28(27)30)11-5-21-8-16-26(17-9-21)34-29(31)32/h6-10,12-19,29H,2-5,11H2,1H3. The highest BCUT2D eigenvalue weighted by molar-refractivity contribution is 5.84. The molecule has 0 aliphatic rings. The topological polar surface area (TPSA) is 18.5 Å². The fraction of sp³-hybridized carbons (Fsp3) is 0.241. The average molecular weight is 465 g/mol. The van der Waals surface area contributed by atoms with Gasteiger partial charge in [0, 0.05) is 5.39 Å². The van der Waals surface area contributed by atoms with Crippen LogP contribution in [0, 0.1) is 5.82 Å². The number of benzene rings is 4. The Labute approximate surface area is 198 Å². The van der Waals surface area contributed by atoms with E-state index >= 15 is 4.39 Å². The van der Waals surface area contributed by atoms with Crippen LogP contribution in [-0.4, -0.2) is 13.2 Å². The highest BCUT2D eigenvalue weighted by atomic mass is 19.3. The van der Waals surface area contributed by atoms with Crippen LogP contribution < -0.4 is 9.47 Å². The predicted octanol–water partition coefficient (Wildman–Crippen LogP) is 7.55. The van der Waals surface area contributed by atoms with E-state index in [4.69, 9.17) is 4.74 Å². The zero-order chi connectivity index (χ0) is 23.9. The van der Waals surface area contributed by atoms with Gasteiger partial charge in [-0.05, 0) is 84.5 Å². The smallest absolute Gasteiger partial charge is 0.387 e. The minimum absolute atomic E-state index is 0.119. The van der Waals surface area contributed by atoms with Crippen molar-refractivity contribution in [2.75, 3.05) is 6.61 Å². The highest BCUT2D eigenvalue weighted by Gasteiger charge is 2.10. The van der Waals surface area contributed by atoms with Gasteiger partial charge in [0.1, 0.15) is 17.3 Å². The molecule has 0 atom stereocenters. The van der Waals surface area contributed by atoms with E-state index in [1.54, 1.807) is 12.1 Å². The van der Waals surface area contributed by atoms with Gasteiger partial charge in [0.25, 0.3) is 0 Å². The number of ether oxygens (including phenoxy) is 2. The van der Waals surface area contributed by atoms with Crippen molar-refractivity contribution in [1.82, 2.24) is 0 Å². The van der Waals surface area contributed by atoms with Crippen LogP contribution in [0.3, 0.4) is 0 Å². The lowest BCUT2D eigenvalue weighted by Gasteiger charge is -2.10. The second kappa shape index (κ2) is 11.1. The first-order chi connectivity index (χ1) is 16.5. The van der Waals surface area contributed by atoms with Crippen LogP contribution in [-0.2, 0) is 25.7 Å². The highest BCUT2D eigenvalue weighted by Crippen LogP contribution is 2.25. The Hall–Kier alpha value is -3.47. The van der Waals surface area contributed by atoms with Crippen LogP contribution >= 0.6 is 0 Å². The summed E-state index contributed by atoms with van der Waals surface area (Å²) in [5.74, 6) is 0.795. The van der Waals surface area contributed by atoms with Gasteiger partial charge in [-0.3, -0.25) is 0 Å². The Balaban J connectivity index is 1.39. The lowest BCUT2D eigenvalue weighted by Crippen LogP contribution is -2.02. The maximum Gasteiger partial charge on any atom is 0.387 e. The van der Waals surface area contributed by atoms with E-state index in [1.807, 2.05) is 43.3 Å². The van der Waals surface area contributed by atoms with Gasteiger partial charge < -0.3 is 9.47 Å². The normalized spacial score (nSPS) is 11.2. The zero-order valence-corrected chi connectivity index (χ0v) is 19.1. The molecular formula is C29H27F3O2. The maximum absolute atomic E-state index is 15.1. The Morgan fingerprint density at radius 2 is 1.26 bits per heavy atom. The fourth-order valence-electron chi connectivity index (χ4n) is 4.06. The van der Waals surface area contributed by atoms with Gasteiger partial charge in [0.15, 0.2) is 0 Å². The van der Waals surface area contributed by atoms with Crippen LogP contribution in [0.5, 0.6) is 11.5 Å². The number of rotatable bonds is 10. The Morgan fingerprint density at radius 1 is 0.676 bits per heavy atom. The third-order valence-electron chi connectivity index (χ3n) is 5.87. The van der Waals surface area contributed by atoms with Gasteiger partial charge in [-0.1, -0.05) is 54.6 Å². The molecule has 0 spiro atoms. The van der Waals surface area contributed by atoms with Crippen LogP contribution in [0.1, 0.15) is 29.2 Å². The van der Waals surface area contributed by atoms with E-state index in [1.165, 1.54) is 23.3 Å². The van der Waals surface area contributed by atoms with Crippen molar-refractivity contribution in [2.24, 2.45) is 0 Å². The van der Waals surface area contributed by atoms with Crippen molar-refractivity contribution in [3.8, 4) is 11.5 Å². The quantitative estimate of drug-likeness (QED) is 0.241. The molecule has 2 nitrogen and oxygen atoms in total. The summed E-state index contributed by atoms with van der Waals surface area (Å²) in [6, 6.07) is 24.3. The molecule has 4 aromatic carbocycles. The van der Waals surface area contributed by atoms with Gasteiger partial charge in [0.05, 0.1) is 6.61 Å². The van der Waals surface area contributed by atoms with Gasteiger partial charge >= 0.3 is 6.61 Å². The molecule has 0 aromatic heterocycles. The Bertz CT molecular complexity index is 1220. The van der Waals surface area contributed by atoms with Gasteiger partial charge in [0.2, 0.25) is 0 Å². The fourth-order valence-corrected chi connectivity index (χ4v) is 4.06. The second-order valence-electron chi connectivity index (χ2n) is 8.19. The van der Waals surface area contributed by atoms with Crippen LogP contribution in [0.4, 0.5) is 13.2 Å². The number of fused-ring (bicyclic) bond motifs is 1. The lowest BCUT2D eigenvalue weighted by atomic mass is 9.97. The molecule has 0 aliphatic carbocycles. The summed E-state index contributed by atoms with van der Waals surface area (Å²) in [5, 5.41) is 1.50. The van der Waals surface area contributed by atoms with E-state index in [0.717, 1.165) is 29.5 Å². The molecule has 0 amide bonds. The first-order valence-electron chi connectivity index (χ1n) is 11.5. The Kier molecular flexibility index (Phi) is 7.73. The minimum atomic E-state index is -2.84. The molecule has 0 heterocycles. The van der Waals surface area contributed by atoms with Crippen molar-refractivity contribution in [1.29, 1.82) is 0 Å². The third kappa shape index (κ3) is 6.10. The van der Waals surface area contributed by atoms with E-state index < -0.39 is 6.61 Å². The van der Waals surface area contributed by atoms with E-state index in [-0.39, 0.29) is 11.6 Å². The first kappa shape index (κ1) is 23.7. The molecule has 5 heteroatoms. The molecule has 0 saturated carbocycles. The molecule has 0 fully saturated rings. The summed E-state index contributed by atoms with van der Waals surface area (Å²) in [5.41, 5.74) is 3.98. The minimum Gasteiger partial charge on any atom is -0.494 e. The molecule has 176 valence electrons. The first-order valence-corrected chi connectivity index (χ1v) is 11.5. The summed E-state index contributed by atoms with van der Waals surface area (Å²) in [7, 11) is 0. The third-order valence-corrected chi connectivity index (χ3v) is 5.87. The molecule has 4 aromatic rings. The number of alkyl halides is 2. The van der Waals surface area contributed by atoms with Crippen LogP contribution in [0.25, 0.3) is 10.8 Å². The summed E-state index contributed by atoms with van der Waals surface area (Å²) >= 11 is 0. The molecule has 0 unspecified atom stereocenters. The van der Waals surface area contributed by atoms with E-state index in [2.05, 4.69) is 22.9 Å². The molecule has 0 bridgehead atoms. The van der Waals surface area contributed by atoms with Crippen molar-refractivity contribution in [2.45, 2.75) is 39.2 Å². The lowest BCUT2D eigenvalue weighted by molar-refractivity contribution is -0.0498. The second-order valence-corrected chi connectivity index (χ2v) is 8.19. The zero-order valence-electron chi connectivity index (χ0n) is 19.1. The molecule has 0 radical (unpaired) electrons. The van der Waals surface area contributed by atoms with Crippen LogP contribution in [0.2, 0.25) is 0 Å². The molecule has 0 aliphatic heterocycles. The maximum atomic E-state index is 15.1. The molecule has 34 heavy (non-hydrogen) atoms. The molecule has 0 saturated heterocycles. The van der Waals surface area contributed by atoms with Gasteiger partial charge in [-0.15, -0.1) is 0 Å². The van der Waals surface area contributed by atoms with Crippen molar-refractivity contribution >= 4 is 10.8 Å². The number of hydrogen-bond donors (Lipinski definition) is 0. The monoisotopic (exact) mass is 464 g/mol. The summed E-state index contributed by atoms with van der Waals surface area (Å²) in [6.07, 6.45) is 2.91. The molecule has 4 rings (SSSR count). The molecular weight excluding hydrogens is 437 g/mol. The number of aryl methyl sites for hydroxylation is 4. The summed E-state index contributed by atoms with van der Waals surface area (Å²) in [6.45, 7) is -0.222. The van der Waals surface area contributed by atoms with E-state index in [0.29, 0.717) is 30.4 Å². The van der Waals surface area contributed by atoms with Crippen molar-refractivity contribution < 1.29 is 22.6 Å². The number of halogens is 3. The van der Waals surface area contributed by atoms with Gasteiger partial charge in [-0.25, -0.2) is 4.39 Å². The number of hydrogen-bond acceptors (Lipinski definition) is 2. The predicted molar refractivity (Wildman–Crippen MR) is 129 cm³/mol. The Morgan fingerprint density at radius 3 is 1.91 bits per heavy atom. The summed E-state index contributed by atoms with van der Waals surface area (Å²) in [4.78, 5) is 0. The van der Waals surface area contributed by atoms with Crippen LogP contribution in [0.15, 0.2) is 78.9 Å². The van der Waals surface area contributed by atoms with Crippen molar-refractivity contribution in [3.05, 3.63) is 107 Å². The average Bonchev–Trinajstić information content (AvgIpc) is 2.84. The SMILES string of the molecule is CCOc1ccc(CCc2ccc3c(F)c(CCc4ccc(OC(F)F)cc4)ccc3c2)cc1. The van der Waals surface area contributed by atoms with Gasteiger partial charge in [-0.2, -0.15) is 8.78 Å². The van der Waals surface area contributed by atoms with Crippen molar-refractivity contribution in [3.63, 3.8) is 0 Å². The summed E-state index contributed by atoms with van der Waals surface area (Å²) < 4.78 is 49.6. The largest absolute Gasteiger partial charge is 0.494 e.